The number of rotatable bonds is 7. The topological polar surface area (TPSA) is 86.9 Å². The van der Waals surface area contributed by atoms with Crippen molar-refractivity contribution in [3.63, 3.8) is 0 Å². The summed E-state index contributed by atoms with van der Waals surface area (Å²) in [6.07, 6.45) is 3.20. The molecule has 2 heterocycles. The van der Waals surface area contributed by atoms with E-state index in [9.17, 15) is 4.79 Å². The second-order valence-corrected chi connectivity index (χ2v) is 7.61. The molecule has 158 valence electrons. The molecule has 1 N–H and O–H groups in total. The number of amides is 1. The predicted molar refractivity (Wildman–Crippen MR) is 118 cm³/mol. The van der Waals surface area contributed by atoms with Crippen LogP contribution in [-0.2, 0) is 13.3 Å². The maximum Gasteiger partial charge on any atom is 0.278 e. The molecule has 0 spiro atoms. The lowest BCUT2D eigenvalue weighted by Gasteiger charge is -2.07. The molecule has 2 aromatic carbocycles. The lowest BCUT2D eigenvalue weighted by molar-refractivity contribution is 0.101. The largest absolute Gasteiger partial charge is 0.471 e. The molecule has 10 heteroatoms. The van der Waals surface area contributed by atoms with Crippen molar-refractivity contribution >= 4 is 35.1 Å². The number of anilines is 1. The Morgan fingerprint density at radius 2 is 1.87 bits per heavy atom. The van der Waals surface area contributed by atoms with E-state index >= 15 is 0 Å². The molecule has 0 atom stereocenters. The number of nitrogens with zero attached hydrogens (tertiary/aromatic N) is 5. The fraction of sp³-hybridized carbons (Fsp3) is 0.143. The minimum absolute atomic E-state index is 0.155. The number of carbonyl (C=O) groups is 1. The van der Waals surface area contributed by atoms with Crippen molar-refractivity contribution in [2.75, 3.05) is 5.32 Å². The second-order valence-electron chi connectivity index (χ2n) is 6.77. The van der Waals surface area contributed by atoms with Crippen molar-refractivity contribution in [2.45, 2.75) is 20.2 Å². The first kappa shape index (κ1) is 20.9. The molecular weight excluding hydrogens is 439 g/mol. The molecule has 0 saturated heterocycles. The highest BCUT2D eigenvalue weighted by Crippen LogP contribution is 2.21. The standard InChI is InChI=1S/C21H18Cl2N6O2/c1-14-10-17(6-7-18(14)23)31-13-28-9-8-19(26-28)20(30)25-21-24-12-29(27-21)11-15-2-4-16(22)5-3-15/h2-10,12H,11,13H2,1H3,(H,25,27,30). The fourth-order valence-electron chi connectivity index (χ4n) is 2.77. The van der Waals surface area contributed by atoms with Crippen LogP contribution in [0.5, 0.6) is 5.75 Å². The van der Waals surface area contributed by atoms with Crippen molar-refractivity contribution in [2.24, 2.45) is 0 Å². The number of aromatic nitrogens is 5. The molecule has 0 aliphatic carbocycles. The van der Waals surface area contributed by atoms with Crippen LogP contribution < -0.4 is 10.1 Å². The Morgan fingerprint density at radius 1 is 1.06 bits per heavy atom. The average Bonchev–Trinajstić information content (AvgIpc) is 3.40. The van der Waals surface area contributed by atoms with Gasteiger partial charge in [0.1, 0.15) is 12.1 Å². The molecule has 1 amide bonds. The molecule has 4 rings (SSSR count). The molecule has 4 aromatic rings. The van der Waals surface area contributed by atoms with Gasteiger partial charge >= 0.3 is 0 Å². The van der Waals surface area contributed by atoms with Crippen LogP contribution in [0.2, 0.25) is 10.0 Å². The number of carbonyl (C=O) groups excluding carboxylic acids is 1. The minimum atomic E-state index is -0.412. The number of hydrogen-bond acceptors (Lipinski definition) is 5. The monoisotopic (exact) mass is 456 g/mol. The summed E-state index contributed by atoms with van der Waals surface area (Å²) in [6, 6.07) is 14.4. The predicted octanol–water partition coefficient (Wildman–Crippen LogP) is 4.43. The summed E-state index contributed by atoms with van der Waals surface area (Å²) >= 11 is 11.9. The van der Waals surface area contributed by atoms with Crippen molar-refractivity contribution in [3.8, 4) is 5.75 Å². The van der Waals surface area contributed by atoms with Gasteiger partial charge < -0.3 is 4.74 Å². The van der Waals surface area contributed by atoms with Gasteiger partial charge in [-0.3, -0.25) is 10.1 Å². The lowest BCUT2D eigenvalue weighted by atomic mass is 10.2. The highest BCUT2D eigenvalue weighted by atomic mass is 35.5. The Bertz CT molecular complexity index is 1200. The molecule has 2 aromatic heterocycles. The third-order valence-electron chi connectivity index (χ3n) is 4.39. The van der Waals surface area contributed by atoms with E-state index in [1.165, 1.54) is 4.68 Å². The number of aryl methyl sites for hydroxylation is 1. The molecule has 0 fully saturated rings. The fourth-order valence-corrected chi connectivity index (χ4v) is 3.02. The minimum Gasteiger partial charge on any atom is -0.471 e. The first-order valence-electron chi connectivity index (χ1n) is 9.34. The van der Waals surface area contributed by atoms with Crippen molar-refractivity contribution in [3.05, 3.63) is 87.9 Å². The molecular formula is C21H18Cl2N6O2. The Morgan fingerprint density at radius 3 is 2.65 bits per heavy atom. The molecule has 0 radical (unpaired) electrons. The van der Waals surface area contributed by atoms with Gasteiger partial charge in [-0.05, 0) is 54.4 Å². The number of halogens is 2. The summed E-state index contributed by atoms with van der Waals surface area (Å²) < 4.78 is 8.82. The molecule has 31 heavy (non-hydrogen) atoms. The number of benzene rings is 2. The highest BCUT2D eigenvalue weighted by Gasteiger charge is 2.13. The Hall–Kier alpha value is -3.36. The van der Waals surface area contributed by atoms with Gasteiger partial charge in [-0.25, -0.2) is 14.3 Å². The summed E-state index contributed by atoms with van der Waals surface area (Å²) in [4.78, 5) is 16.6. The third kappa shape index (κ3) is 5.42. The Labute approximate surface area is 188 Å². The van der Waals surface area contributed by atoms with Crippen LogP contribution in [0.4, 0.5) is 5.95 Å². The second kappa shape index (κ2) is 9.20. The van der Waals surface area contributed by atoms with E-state index < -0.39 is 5.91 Å². The smallest absolute Gasteiger partial charge is 0.278 e. The Balaban J connectivity index is 1.33. The van der Waals surface area contributed by atoms with Crippen molar-refractivity contribution in [1.82, 2.24) is 24.5 Å². The zero-order valence-corrected chi connectivity index (χ0v) is 18.0. The number of nitrogens with one attached hydrogen (secondary N) is 1. The molecule has 0 unspecified atom stereocenters. The van der Waals surface area contributed by atoms with Crippen LogP contribution in [0.1, 0.15) is 21.6 Å². The third-order valence-corrected chi connectivity index (χ3v) is 5.06. The maximum absolute atomic E-state index is 12.4. The van der Waals surface area contributed by atoms with Crippen molar-refractivity contribution in [1.29, 1.82) is 0 Å². The summed E-state index contributed by atoms with van der Waals surface area (Å²) in [7, 11) is 0. The van der Waals surface area contributed by atoms with Gasteiger partial charge in [0.2, 0.25) is 5.95 Å². The van der Waals surface area contributed by atoms with Crippen molar-refractivity contribution < 1.29 is 9.53 Å². The van der Waals surface area contributed by atoms with E-state index in [4.69, 9.17) is 27.9 Å². The van der Waals surface area contributed by atoms with Crippen LogP contribution in [0, 0.1) is 6.92 Å². The van der Waals surface area contributed by atoms with E-state index in [0.29, 0.717) is 22.3 Å². The maximum atomic E-state index is 12.4. The first-order valence-corrected chi connectivity index (χ1v) is 10.1. The zero-order valence-electron chi connectivity index (χ0n) is 16.5. The van der Waals surface area contributed by atoms with Gasteiger partial charge in [0, 0.05) is 16.2 Å². The summed E-state index contributed by atoms with van der Waals surface area (Å²) in [6.45, 7) is 2.56. The van der Waals surface area contributed by atoms with Gasteiger partial charge in [-0.1, -0.05) is 35.3 Å². The van der Waals surface area contributed by atoms with Gasteiger partial charge in [0.25, 0.3) is 5.91 Å². The van der Waals surface area contributed by atoms with Gasteiger partial charge in [-0.15, -0.1) is 5.10 Å². The van der Waals surface area contributed by atoms with Crippen LogP contribution in [0.25, 0.3) is 0 Å². The average molecular weight is 457 g/mol. The van der Waals surface area contributed by atoms with E-state index in [1.807, 2.05) is 37.3 Å². The molecule has 0 aliphatic rings. The SMILES string of the molecule is Cc1cc(OCn2ccc(C(=O)Nc3ncn(Cc4ccc(Cl)cc4)n3)n2)ccc1Cl. The quantitative estimate of drug-likeness (QED) is 0.444. The van der Waals surface area contributed by atoms with Gasteiger partial charge in [-0.2, -0.15) is 5.10 Å². The number of hydrogen-bond donors (Lipinski definition) is 1. The number of ether oxygens (including phenoxy) is 1. The highest BCUT2D eigenvalue weighted by molar-refractivity contribution is 6.31. The van der Waals surface area contributed by atoms with Crippen LogP contribution >= 0.6 is 23.2 Å². The molecule has 0 aliphatic heterocycles. The van der Waals surface area contributed by atoms with E-state index in [-0.39, 0.29) is 18.4 Å². The molecule has 8 nitrogen and oxygen atoms in total. The van der Waals surface area contributed by atoms with E-state index in [0.717, 1.165) is 11.1 Å². The summed E-state index contributed by atoms with van der Waals surface area (Å²) in [5.74, 6) is 0.450. The normalized spacial score (nSPS) is 10.8. The zero-order chi connectivity index (χ0) is 21.8. The van der Waals surface area contributed by atoms with Gasteiger partial charge in [0.05, 0.1) is 6.54 Å². The first-order chi connectivity index (χ1) is 15.0. The molecule has 0 bridgehead atoms. The molecule has 0 saturated carbocycles. The van der Waals surface area contributed by atoms with Crippen LogP contribution in [0.3, 0.4) is 0 Å². The van der Waals surface area contributed by atoms with E-state index in [1.54, 1.807) is 35.4 Å². The lowest BCUT2D eigenvalue weighted by Crippen LogP contribution is -2.15. The van der Waals surface area contributed by atoms with Gasteiger partial charge in [0.15, 0.2) is 12.4 Å². The Kier molecular flexibility index (Phi) is 6.20. The summed E-state index contributed by atoms with van der Waals surface area (Å²) in [5, 5.41) is 12.5. The van der Waals surface area contributed by atoms with Crippen LogP contribution in [0.15, 0.2) is 61.1 Å². The van der Waals surface area contributed by atoms with Crippen LogP contribution in [-0.4, -0.2) is 30.5 Å². The summed E-state index contributed by atoms with van der Waals surface area (Å²) in [5.41, 5.74) is 2.16. The van der Waals surface area contributed by atoms with E-state index in [2.05, 4.69) is 20.5 Å².